The molecule has 0 saturated carbocycles. The van der Waals surface area contributed by atoms with Crippen molar-refractivity contribution in [2.75, 3.05) is 32.1 Å². The number of thiazole rings is 1. The lowest BCUT2D eigenvalue weighted by Crippen LogP contribution is -2.32. The molecule has 0 aliphatic heterocycles. The summed E-state index contributed by atoms with van der Waals surface area (Å²) in [4.78, 5) is 26.0. The van der Waals surface area contributed by atoms with Crippen LogP contribution in [0.1, 0.15) is 12.1 Å². The lowest BCUT2D eigenvalue weighted by atomic mass is 10.2. The Morgan fingerprint density at radius 1 is 1.53 bits per heavy atom. The fourth-order valence-corrected chi connectivity index (χ4v) is 1.99. The second-order valence-corrected chi connectivity index (χ2v) is 4.59. The second-order valence-electron chi connectivity index (χ2n) is 3.73. The molecule has 3 N–H and O–H groups in total. The average molecular weight is 287 g/mol. The molecule has 0 aliphatic rings. The van der Waals surface area contributed by atoms with E-state index in [0.717, 1.165) is 5.69 Å². The SMILES string of the molecule is COCCNC(=O)CNc1nc(CCC(=O)O)cs1. The summed E-state index contributed by atoms with van der Waals surface area (Å²) >= 11 is 1.35. The molecule has 0 bridgehead atoms. The van der Waals surface area contributed by atoms with Gasteiger partial charge in [0.05, 0.1) is 25.3 Å². The molecule has 19 heavy (non-hydrogen) atoms. The largest absolute Gasteiger partial charge is 0.481 e. The van der Waals surface area contributed by atoms with Gasteiger partial charge in [-0.05, 0) is 0 Å². The summed E-state index contributed by atoms with van der Waals surface area (Å²) in [5.74, 6) is -0.987. The third-order valence-corrected chi connectivity index (χ3v) is 3.02. The minimum Gasteiger partial charge on any atom is -0.481 e. The Morgan fingerprint density at radius 3 is 3.00 bits per heavy atom. The van der Waals surface area contributed by atoms with Gasteiger partial charge in [-0.2, -0.15) is 0 Å². The highest BCUT2D eigenvalue weighted by Gasteiger charge is 2.06. The van der Waals surface area contributed by atoms with E-state index in [2.05, 4.69) is 15.6 Å². The van der Waals surface area contributed by atoms with Gasteiger partial charge in [0.1, 0.15) is 0 Å². The van der Waals surface area contributed by atoms with Crippen molar-refractivity contribution in [3.8, 4) is 0 Å². The molecule has 0 fully saturated rings. The number of nitrogens with zero attached hydrogens (tertiary/aromatic N) is 1. The van der Waals surface area contributed by atoms with Crippen LogP contribution in [0, 0.1) is 0 Å². The number of carbonyl (C=O) groups is 2. The summed E-state index contributed by atoms with van der Waals surface area (Å²) in [6.45, 7) is 1.08. The number of carbonyl (C=O) groups excluding carboxylic acids is 1. The number of amides is 1. The van der Waals surface area contributed by atoms with Gasteiger partial charge in [-0.3, -0.25) is 9.59 Å². The summed E-state index contributed by atoms with van der Waals surface area (Å²) < 4.78 is 4.81. The molecular formula is C11H17N3O4S. The zero-order valence-corrected chi connectivity index (χ0v) is 11.5. The molecule has 0 unspecified atom stereocenters. The van der Waals surface area contributed by atoms with Crippen molar-refractivity contribution in [2.45, 2.75) is 12.8 Å². The van der Waals surface area contributed by atoms with Crippen LogP contribution in [0.15, 0.2) is 5.38 Å². The van der Waals surface area contributed by atoms with E-state index in [4.69, 9.17) is 9.84 Å². The van der Waals surface area contributed by atoms with Gasteiger partial charge in [0.25, 0.3) is 0 Å². The van der Waals surface area contributed by atoms with Crippen LogP contribution in [-0.4, -0.2) is 48.8 Å². The van der Waals surface area contributed by atoms with Crippen molar-refractivity contribution in [3.63, 3.8) is 0 Å². The van der Waals surface area contributed by atoms with E-state index in [1.807, 2.05) is 0 Å². The average Bonchev–Trinajstić information content (AvgIpc) is 2.82. The number of aryl methyl sites for hydroxylation is 1. The Morgan fingerprint density at radius 2 is 2.32 bits per heavy atom. The van der Waals surface area contributed by atoms with E-state index in [0.29, 0.717) is 24.7 Å². The highest BCUT2D eigenvalue weighted by molar-refractivity contribution is 7.13. The molecule has 8 heteroatoms. The van der Waals surface area contributed by atoms with Crippen LogP contribution in [-0.2, 0) is 20.7 Å². The van der Waals surface area contributed by atoms with Crippen molar-refractivity contribution in [1.82, 2.24) is 10.3 Å². The first-order valence-electron chi connectivity index (χ1n) is 5.77. The molecule has 1 rings (SSSR count). The number of methoxy groups -OCH3 is 1. The molecule has 0 aromatic carbocycles. The van der Waals surface area contributed by atoms with Gasteiger partial charge in [0, 0.05) is 25.5 Å². The molecule has 0 atom stereocenters. The summed E-state index contributed by atoms with van der Waals surface area (Å²) in [5.41, 5.74) is 0.717. The molecule has 1 aromatic rings. The first kappa shape index (κ1) is 15.4. The van der Waals surface area contributed by atoms with E-state index < -0.39 is 5.97 Å². The minimum absolute atomic E-state index is 0.0562. The Bertz CT molecular complexity index is 422. The van der Waals surface area contributed by atoms with E-state index >= 15 is 0 Å². The summed E-state index contributed by atoms with van der Waals surface area (Å²) in [6.07, 6.45) is 0.453. The normalized spacial score (nSPS) is 10.2. The van der Waals surface area contributed by atoms with Crippen LogP contribution in [0.5, 0.6) is 0 Å². The van der Waals surface area contributed by atoms with Crippen molar-refractivity contribution < 1.29 is 19.4 Å². The Balaban J connectivity index is 2.25. The lowest BCUT2D eigenvalue weighted by Gasteiger charge is -2.04. The summed E-state index contributed by atoms with van der Waals surface area (Å²) in [5, 5.41) is 16.5. The summed E-state index contributed by atoms with van der Waals surface area (Å²) in [7, 11) is 1.57. The Kier molecular flexibility index (Phi) is 6.83. The highest BCUT2D eigenvalue weighted by atomic mass is 32.1. The van der Waals surface area contributed by atoms with Gasteiger partial charge in [0.2, 0.25) is 5.91 Å². The van der Waals surface area contributed by atoms with Gasteiger partial charge in [-0.25, -0.2) is 4.98 Å². The smallest absolute Gasteiger partial charge is 0.303 e. The molecule has 0 radical (unpaired) electrons. The monoisotopic (exact) mass is 287 g/mol. The van der Waals surface area contributed by atoms with Crippen molar-refractivity contribution in [3.05, 3.63) is 11.1 Å². The molecule has 0 aliphatic carbocycles. The maximum absolute atomic E-state index is 11.4. The quantitative estimate of drug-likeness (QED) is 0.566. The van der Waals surface area contributed by atoms with Gasteiger partial charge in [0.15, 0.2) is 5.13 Å². The number of hydrogen-bond donors (Lipinski definition) is 3. The zero-order valence-electron chi connectivity index (χ0n) is 10.6. The number of carboxylic acid groups (broad SMARTS) is 1. The molecule has 1 amide bonds. The van der Waals surface area contributed by atoms with Crippen LogP contribution < -0.4 is 10.6 Å². The summed E-state index contributed by atoms with van der Waals surface area (Å²) in [6, 6.07) is 0. The number of nitrogens with one attached hydrogen (secondary N) is 2. The third kappa shape index (κ3) is 6.73. The van der Waals surface area contributed by atoms with Gasteiger partial charge in [-0.15, -0.1) is 11.3 Å². The van der Waals surface area contributed by atoms with Gasteiger partial charge < -0.3 is 20.5 Å². The topological polar surface area (TPSA) is 101 Å². The predicted molar refractivity (Wildman–Crippen MR) is 71.4 cm³/mol. The first-order chi connectivity index (χ1) is 9.11. The molecule has 1 aromatic heterocycles. The maximum atomic E-state index is 11.4. The van der Waals surface area contributed by atoms with E-state index in [1.54, 1.807) is 12.5 Å². The molecule has 0 spiro atoms. The first-order valence-corrected chi connectivity index (χ1v) is 6.65. The zero-order chi connectivity index (χ0) is 14.1. The number of aliphatic carboxylic acids is 1. The number of carboxylic acids is 1. The number of rotatable bonds is 9. The fourth-order valence-electron chi connectivity index (χ4n) is 1.25. The van der Waals surface area contributed by atoms with Crippen LogP contribution in [0.4, 0.5) is 5.13 Å². The molecule has 0 saturated heterocycles. The minimum atomic E-state index is -0.847. The highest BCUT2D eigenvalue weighted by Crippen LogP contribution is 2.16. The van der Waals surface area contributed by atoms with E-state index in [9.17, 15) is 9.59 Å². The van der Waals surface area contributed by atoms with Crippen molar-refractivity contribution in [1.29, 1.82) is 0 Å². The van der Waals surface area contributed by atoms with Gasteiger partial charge >= 0.3 is 5.97 Å². The second kappa shape index (κ2) is 8.44. The molecule has 1 heterocycles. The predicted octanol–water partition coefficient (Wildman–Crippen LogP) is 0.335. The van der Waals surface area contributed by atoms with Crippen molar-refractivity contribution >= 4 is 28.3 Å². The van der Waals surface area contributed by atoms with Crippen LogP contribution in [0.2, 0.25) is 0 Å². The molecule has 7 nitrogen and oxygen atoms in total. The molecular weight excluding hydrogens is 270 g/mol. The van der Waals surface area contributed by atoms with Crippen LogP contribution in [0.25, 0.3) is 0 Å². The maximum Gasteiger partial charge on any atom is 0.303 e. The van der Waals surface area contributed by atoms with Gasteiger partial charge in [-0.1, -0.05) is 0 Å². The van der Waals surface area contributed by atoms with Crippen molar-refractivity contribution in [2.24, 2.45) is 0 Å². The number of hydrogen-bond acceptors (Lipinski definition) is 6. The van der Waals surface area contributed by atoms with Crippen LogP contribution in [0.3, 0.4) is 0 Å². The van der Waals surface area contributed by atoms with E-state index in [-0.39, 0.29) is 18.9 Å². The van der Waals surface area contributed by atoms with E-state index in [1.165, 1.54) is 11.3 Å². The molecule has 106 valence electrons. The Hall–Kier alpha value is -1.67. The lowest BCUT2D eigenvalue weighted by molar-refractivity contribution is -0.137. The number of anilines is 1. The fraction of sp³-hybridized carbons (Fsp3) is 0.545. The van der Waals surface area contributed by atoms with Crippen LogP contribution >= 0.6 is 11.3 Å². The third-order valence-electron chi connectivity index (χ3n) is 2.18. The Labute approximate surface area is 115 Å². The number of ether oxygens (including phenoxy) is 1. The number of aromatic nitrogens is 1. The standard InChI is InChI=1S/C11H17N3O4S/c1-18-5-4-12-9(15)6-13-11-14-8(7-19-11)2-3-10(16)17/h7H,2-6H2,1H3,(H,12,15)(H,13,14)(H,16,17).